The third-order valence-electron chi connectivity index (χ3n) is 7.14. The number of aromatic nitrogens is 2. The Kier molecular flexibility index (Phi) is 8.15. The van der Waals surface area contributed by atoms with Gasteiger partial charge in [0.15, 0.2) is 0 Å². The number of amides is 2. The topological polar surface area (TPSA) is 100 Å². The molecule has 0 spiro atoms. The number of hydrogen-bond acceptors (Lipinski definition) is 5. The largest absolute Gasteiger partial charge is 0.381 e. The van der Waals surface area contributed by atoms with E-state index in [1.807, 2.05) is 18.2 Å². The van der Waals surface area contributed by atoms with Gasteiger partial charge in [-0.1, -0.05) is 26.8 Å². The van der Waals surface area contributed by atoms with Gasteiger partial charge in [-0.05, 0) is 37.0 Å². The fourth-order valence-corrected chi connectivity index (χ4v) is 6.31. The summed E-state index contributed by atoms with van der Waals surface area (Å²) in [5.41, 5.74) is 2.22. The molecule has 0 bridgehead atoms. The van der Waals surface area contributed by atoms with Crippen LogP contribution in [0.1, 0.15) is 39.4 Å². The number of rotatable bonds is 7. The molecule has 2 aliphatic heterocycles. The van der Waals surface area contributed by atoms with Crippen molar-refractivity contribution in [2.45, 2.75) is 45.6 Å². The summed E-state index contributed by atoms with van der Waals surface area (Å²) < 4.78 is 37.5. The molecule has 0 saturated carbocycles. The molecule has 1 N–H and O–H groups in total. The van der Waals surface area contributed by atoms with Crippen molar-refractivity contribution in [2.24, 2.45) is 5.92 Å². The minimum Gasteiger partial charge on any atom is -0.381 e. The highest BCUT2D eigenvalue weighted by molar-refractivity contribution is 7.90. The molecule has 1 aromatic carbocycles. The lowest BCUT2D eigenvalue weighted by Crippen LogP contribution is -2.55. The van der Waals surface area contributed by atoms with Crippen LogP contribution in [0.4, 0.5) is 10.5 Å². The Hall–Kier alpha value is -2.63. The summed E-state index contributed by atoms with van der Waals surface area (Å²) in [6.45, 7) is 14.1. The first-order valence-corrected chi connectivity index (χ1v) is 14.4. The summed E-state index contributed by atoms with van der Waals surface area (Å²) in [5, 5.41) is 2.74. The molecule has 2 aliphatic rings. The Morgan fingerprint density at radius 2 is 1.89 bits per heavy atom. The first kappa shape index (κ1) is 27.4. The van der Waals surface area contributed by atoms with Gasteiger partial charge < -0.3 is 19.5 Å². The van der Waals surface area contributed by atoms with E-state index in [1.54, 1.807) is 18.0 Å². The molecule has 3 heterocycles. The van der Waals surface area contributed by atoms with E-state index < -0.39 is 10.2 Å². The lowest BCUT2D eigenvalue weighted by Gasteiger charge is -2.36. The number of nitrogens with zero attached hydrogens (tertiary/aromatic N) is 5. The second kappa shape index (κ2) is 11.0. The molecule has 204 valence electrons. The molecule has 10 nitrogen and oxygen atoms in total. The first-order chi connectivity index (χ1) is 17.5. The van der Waals surface area contributed by atoms with Crippen LogP contribution in [-0.2, 0) is 26.9 Å². The Labute approximate surface area is 220 Å². The van der Waals surface area contributed by atoms with Crippen LogP contribution in [0.2, 0.25) is 0 Å². The van der Waals surface area contributed by atoms with Crippen molar-refractivity contribution in [1.29, 1.82) is 0 Å². The molecule has 37 heavy (non-hydrogen) atoms. The molecule has 0 unspecified atom stereocenters. The number of carbonyl (C=O) groups is 1. The third kappa shape index (κ3) is 5.94. The predicted octanol–water partition coefficient (Wildman–Crippen LogP) is 2.95. The van der Waals surface area contributed by atoms with Gasteiger partial charge in [0.1, 0.15) is 5.82 Å². The van der Waals surface area contributed by atoms with E-state index in [4.69, 9.17) is 9.72 Å². The van der Waals surface area contributed by atoms with E-state index >= 15 is 0 Å². The number of nitrogens with one attached hydrogen (secondary N) is 1. The number of anilines is 1. The van der Waals surface area contributed by atoms with Crippen LogP contribution in [0.3, 0.4) is 0 Å². The molecule has 11 heteroatoms. The van der Waals surface area contributed by atoms with Gasteiger partial charge >= 0.3 is 16.2 Å². The van der Waals surface area contributed by atoms with Gasteiger partial charge in [0, 0.05) is 64.9 Å². The molecule has 2 saturated heterocycles. The second-order valence-electron chi connectivity index (χ2n) is 10.9. The van der Waals surface area contributed by atoms with E-state index in [2.05, 4.69) is 37.2 Å². The Bertz CT molecular complexity index is 1220. The minimum absolute atomic E-state index is 0.153. The van der Waals surface area contributed by atoms with Gasteiger partial charge in [0.25, 0.3) is 0 Å². The van der Waals surface area contributed by atoms with E-state index in [0.717, 1.165) is 49.5 Å². The SMILES string of the molecule is C=CCNC(=O)N1CCN(S(=O)(=O)N(C)c2ccc3c(c2)nc(C(C)(C)C)n3CC2CCOCC2)CC1. The monoisotopic (exact) mass is 532 g/mol. The number of ether oxygens (including phenoxy) is 1. The molecule has 0 radical (unpaired) electrons. The lowest BCUT2D eigenvalue weighted by atomic mass is 9.94. The smallest absolute Gasteiger partial charge is 0.317 e. The average molecular weight is 533 g/mol. The number of fused-ring (bicyclic) bond motifs is 1. The van der Waals surface area contributed by atoms with E-state index in [1.165, 1.54) is 8.61 Å². The molecule has 2 aromatic rings. The molecular formula is C26H40N6O4S. The average Bonchev–Trinajstić information content (AvgIpc) is 3.25. The predicted molar refractivity (Wildman–Crippen MR) is 146 cm³/mol. The standard InChI is InChI=1S/C26H40N6O4S/c1-6-11-27-25(33)30-12-14-31(15-13-30)37(34,35)29(5)21-7-8-23-22(18-21)28-24(26(2,3)4)32(23)19-20-9-16-36-17-10-20/h6-8,18,20H,1,9-17,19H2,2-5H3,(H,27,33). The lowest BCUT2D eigenvalue weighted by molar-refractivity contribution is 0.0611. The summed E-state index contributed by atoms with van der Waals surface area (Å²) in [6, 6.07) is 5.50. The molecular weight excluding hydrogens is 492 g/mol. The van der Waals surface area contributed by atoms with Crippen LogP contribution in [0.25, 0.3) is 11.0 Å². The highest BCUT2D eigenvalue weighted by atomic mass is 32.2. The fourth-order valence-electron chi connectivity index (χ4n) is 4.96. The fraction of sp³-hybridized carbons (Fsp3) is 0.615. The van der Waals surface area contributed by atoms with Crippen molar-refractivity contribution in [3.8, 4) is 0 Å². The summed E-state index contributed by atoms with van der Waals surface area (Å²) in [4.78, 5) is 18.8. The number of benzene rings is 1. The molecule has 0 atom stereocenters. The Morgan fingerprint density at radius 3 is 2.51 bits per heavy atom. The van der Waals surface area contributed by atoms with Crippen LogP contribution in [0.15, 0.2) is 30.9 Å². The van der Waals surface area contributed by atoms with Crippen molar-refractivity contribution in [3.05, 3.63) is 36.7 Å². The maximum Gasteiger partial charge on any atom is 0.317 e. The summed E-state index contributed by atoms with van der Waals surface area (Å²) in [7, 11) is -2.19. The second-order valence-corrected chi connectivity index (χ2v) is 12.8. The van der Waals surface area contributed by atoms with Crippen LogP contribution < -0.4 is 9.62 Å². The molecule has 2 amide bonds. The van der Waals surface area contributed by atoms with Crippen molar-refractivity contribution < 1.29 is 17.9 Å². The summed E-state index contributed by atoms with van der Waals surface area (Å²) in [5.74, 6) is 1.54. The van der Waals surface area contributed by atoms with Crippen molar-refractivity contribution >= 4 is 33.0 Å². The zero-order valence-electron chi connectivity index (χ0n) is 22.4. The minimum atomic E-state index is -3.76. The molecule has 1 aromatic heterocycles. The van der Waals surface area contributed by atoms with Gasteiger partial charge in [-0.15, -0.1) is 6.58 Å². The first-order valence-electron chi connectivity index (χ1n) is 13.0. The van der Waals surface area contributed by atoms with Crippen molar-refractivity contribution in [3.63, 3.8) is 0 Å². The van der Waals surface area contributed by atoms with Gasteiger partial charge in [-0.25, -0.2) is 9.78 Å². The van der Waals surface area contributed by atoms with Crippen LogP contribution in [0.5, 0.6) is 0 Å². The Balaban J connectivity index is 1.54. The number of urea groups is 1. The van der Waals surface area contributed by atoms with Gasteiger partial charge in [-0.3, -0.25) is 4.31 Å². The quantitative estimate of drug-likeness (QED) is 0.553. The maximum atomic E-state index is 13.4. The summed E-state index contributed by atoms with van der Waals surface area (Å²) >= 11 is 0. The van der Waals surface area contributed by atoms with Crippen molar-refractivity contribution in [2.75, 3.05) is 57.3 Å². The molecule has 0 aliphatic carbocycles. The zero-order valence-corrected chi connectivity index (χ0v) is 23.3. The number of carbonyl (C=O) groups excluding carboxylic acids is 1. The highest BCUT2D eigenvalue weighted by Gasteiger charge is 2.33. The highest BCUT2D eigenvalue weighted by Crippen LogP contribution is 2.32. The number of imidazole rings is 1. The molecule has 2 fully saturated rings. The summed E-state index contributed by atoms with van der Waals surface area (Å²) in [6.07, 6.45) is 3.68. The van der Waals surface area contributed by atoms with E-state index in [-0.39, 0.29) is 24.5 Å². The van der Waals surface area contributed by atoms with Gasteiger partial charge in [-0.2, -0.15) is 12.7 Å². The molecule has 4 rings (SSSR count). The van der Waals surface area contributed by atoms with Crippen LogP contribution >= 0.6 is 0 Å². The van der Waals surface area contributed by atoms with Crippen molar-refractivity contribution in [1.82, 2.24) is 24.1 Å². The number of hydrogen-bond donors (Lipinski definition) is 1. The Morgan fingerprint density at radius 1 is 1.22 bits per heavy atom. The number of piperazine rings is 1. The van der Waals surface area contributed by atoms with Gasteiger partial charge in [0.05, 0.1) is 16.7 Å². The maximum absolute atomic E-state index is 13.4. The van der Waals surface area contributed by atoms with Gasteiger partial charge in [0.2, 0.25) is 0 Å². The van der Waals surface area contributed by atoms with Crippen LogP contribution in [0, 0.1) is 5.92 Å². The normalized spacial score (nSPS) is 18.2. The van der Waals surface area contributed by atoms with Crippen LogP contribution in [-0.4, -0.2) is 86.2 Å². The zero-order chi connectivity index (χ0) is 26.8. The van der Waals surface area contributed by atoms with E-state index in [9.17, 15) is 13.2 Å². The third-order valence-corrected chi connectivity index (χ3v) is 9.06. The van der Waals surface area contributed by atoms with E-state index in [0.29, 0.717) is 31.2 Å².